The Bertz CT molecular complexity index is 1370. The first-order chi connectivity index (χ1) is 16.5. The number of imidazole rings is 1. The second-order valence-corrected chi connectivity index (χ2v) is 9.55. The number of hydrogen-bond acceptors (Lipinski definition) is 5. The molecule has 1 heterocycles. The van der Waals surface area contributed by atoms with Gasteiger partial charge < -0.3 is 4.90 Å². The van der Waals surface area contributed by atoms with E-state index in [0.29, 0.717) is 26.4 Å². The molecule has 0 aliphatic rings. The summed E-state index contributed by atoms with van der Waals surface area (Å²) in [5.74, 6) is -0.475. The molecule has 36 heavy (non-hydrogen) atoms. The normalized spacial score (nSPS) is 12.5. The van der Waals surface area contributed by atoms with Crippen LogP contribution in [0, 0.1) is 27.3 Å². The van der Waals surface area contributed by atoms with Crippen molar-refractivity contribution in [2.75, 3.05) is 19.0 Å². The Kier molecular flexibility index (Phi) is 7.53. The maximum absolute atomic E-state index is 13.4. The van der Waals surface area contributed by atoms with Gasteiger partial charge in [-0.05, 0) is 61.4 Å². The topological polar surface area (TPSA) is 50.1 Å². The monoisotopic (exact) mass is 548 g/mol. The highest BCUT2D eigenvalue weighted by Gasteiger charge is 2.33. The lowest BCUT2D eigenvalue weighted by atomic mass is 10.0. The minimum atomic E-state index is -4.74. The van der Waals surface area contributed by atoms with Crippen molar-refractivity contribution in [3.63, 3.8) is 0 Å². The predicted octanol–water partition coefficient (Wildman–Crippen LogP) is 8.82. The second-order valence-electron chi connectivity index (χ2n) is 8.06. The zero-order valence-electron chi connectivity index (χ0n) is 19.6. The smallest absolute Gasteiger partial charge is 0.376 e. The maximum atomic E-state index is 13.4. The number of thioether (sulfide) groups is 1. The van der Waals surface area contributed by atoms with Crippen molar-refractivity contribution < 1.29 is 26.3 Å². The van der Waals surface area contributed by atoms with Crippen LogP contribution in [0.5, 0.6) is 0 Å². The fraction of sp³-hybridized carbons (Fsp3) is 0.364. The lowest BCUT2D eigenvalue weighted by Gasteiger charge is -2.22. The number of azo groups is 1. The van der Waals surface area contributed by atoms with Crippen molar-refractivity contribution >= 4 is 57.4 Å². The van der Waals surface area contributed by atoms with Gasteiger partial charge in [0.15, 0.2) is 0 Å². The van der Waals surface area contributed by atoms with Crippen LogP contribution in [-0.2, 0) is 6.54 Å². The molecule has 3 rings (SSSR count). The highest BCUT2D eigenvalue weighted by Crippen LogP contribution is 2.45. The molecule has 0 fully saturated rings. The summed E-state index contributed by atoms with van der Waals surface area (Å²) in [6, 6.07) is 1.87. The summed E-state index contributed by atoms with van der Waals surface area (Å²) in [6.07, 6.45) is -4.73. The summed E-state index contributed by atoms with van der Waals surface area (Å²) < 4.78 is 79.7. The van der Waals surface area contributed by atoms with E-state index in [4.69, 9.17) is 18.2 Å². The number of hydrogen-bond donors (Lipinski definition) is 0. The number of anilines is 1. The zero-order valence-corrected chi connectivity index (χ0v) is 21.2. The van der Waals surface area contributed by atoms with E-state index in [-0.39, 0.29) is 11.0 Å². The molecule has 0 aliphatic heterocycles. The Balaban J connectivity index is 2.23. The average Bonchev–Trinajstić information content (AvgIpc) is 3.05. The third-order valence-electron chi connectivity index (χ3n) is 5.34. The lowest BCUT2D eigenvalue weighted by Crippen LogP contribution is -2.17. The van der Waals surface area contributed by atoms with Crippen molar-refractivity contribution in [1.29, 1.82) is 0 Å². The number of benzene rings is 2. The summed E-state index contributed by atoms with van der Waals surface area (Å²) in [6.45, 7) is 10.9. The summed E-state index contributed by atoms with van der Waals surface area (Å²) in [5.41, 5.74) is -2.37. The fourth-order valence-electron chi connectivity index (χ4n) is 3.69. The highest BCUT2D eigenvalue weighted by atomic mass is 35.5. The molecular weight excluding hydrogens is 530 g/mol. The fourth-order valence-corrected chi connectivity index (χ4v) is 4.72. The Morgan fingerprint density at radius 2 is 1.69 bits per heavy atom. The maximum Gasteiger partial charge on any atom is 0.445 e. The van der Waals surface area contributed by atoms with Gasteiger partial charge in [0.25, 0.3) is 5.95 Å². The number of alkyl halides is 6. The summed E-state index contributed by atoms with van der Waals surface area (Å²) in [5, 5.41) is 8.47. The third-order valence-corrected chi connectivity index (χ3v) is 6.59. The van der Waals surface area contributed by atoms with Gasteiger partial charge in [0.05, 0.1) is 34.0 Å². The van der Waals surface area contributed by atoms with Gasteiger partial charge in [0, 0.05) is 19.0 Å². The third kappa shape index (κ3) is 5.70. The molecule has 2 aromatic carbocycles. The predicted molar refractivity (Wildman–Crippen MR) is 128 cm³/mol. The van der Waals surface area contributed by atoms with Crippen LogP contribution in [0.25, 0.3) is 15.9 Å². The Morgan fingerprint density at radius 1 is 1.06 bits per heavy atom. The SMILES string of the molecule is [C-]#[N+]c1cc2nc(N=Nc3c(C)c(C)c(N(C)C)c(Cl)c3C)n(CC(F)(F)F)c2cc1SC(F)(F)F. The number of aromatic nitrogens is 2. The molecule has 14 heteroatoms. The first kappa shape index (κ1) is 27.6. The first-order valence-corrected chi connectivity index (χ1v) is 11.4. The Morgan fingerprint density at radius 3 is 2.22 bits per heavy atom. The standard InChI is InChI=1S/C22H19ClF6N6S/c1-10-11(2)19(34(5)6)17(23)12(3)18(10)32-33-20-31-13-7-14(30-4)16(36-22(27,28)29)8-15(13)35(20)9-21(24,25)26/h7-8H,9H2,1-3,5-6H3. The van der Waals surface area contributed by atoms with Gasteiger partial charge >= 0.3 is 11.7 Å². The molecule has 3 aromatic rings. The van der Waals surface area contributed by atoms with E-state index in [1.54, 1.807) is 13.8 Å². The van der Waals surface area contributed by atoms with Gasteiger partial charge in [-0.2, -0.15) is 26.3 Å². The van der Waals surface area contributed by atoms with E-state index in [1.807, 2.05) is 25.9 Å². The first-order valence-electron chi connectivity index (χ1n) is 10.2. The zero-order chi connectivity index (χ0) is 27.2. The molecular formula is C22H19ClF6N6S. The minimum Gasteiger partial charge on any atom is -0.376 e. The van der Waals surface area contributed by atoms with Crippen LogP contribution in [0.15, 0.2) is 27.3 Å². The van der Waals surface area contributed by atoms with Crippen LogP contribution >= 0.6 is 23.4 Å². The van der Waals surface area contributed by atoms with Gasteiger partial charge in [-0.25, -0.2) is 9.83 Å². The minimum absolute atomic E-state index is 0.115. The van der Waals surface area contributed by atoms with Gasteiger partial charge in [-0.15, -0.1) is 10.2 Å². The van der Waals surface area contributed by atoms with Crippen molar-refractivity contribution in [1.82, 2.24) is 9.55 Å². The average molecular weight is 549 g/mol. The highest BCUT2D eigenvalue weighted by molar-refractivity contribution is 8.00. The van der Waals surface area contributed by atoms with Gasteiger partial charge in [0.1, 0.15) is 6.54 Å². The van der Waals surface area contributed by atoms with Gasteiger partial charge in [0.2, 0.25) is 5.69 Å². The van der Waals surface area contributed by atoms with Crippen molar-refractivity contribution in [2.24, 2.45) is 10.2 Å². The molecule has 0 unspecified atom stereocenters. The molecule has 192 valence electrons. The molecule has 6 nitrogen and oxygen atoms in total. The molecule has 1 aromatic heterocycles. The lowest BCUT2D eigenvalue weighted by molar-refractivity contribution is -0.139. The molecule has 0 atom stereocenters. The Labute approximate surface area is 211 Å². The van der Waals surface area contributed by atoms with Gasteiger partial charge in [-0.3, -0.25) is 4.57 Å². The van der Waals surface area contributed by atoms with Crippen LogP contribution in [0.4, 0.5) is 49.4 Å². The Hall–Kier alpha value is -2.98. The van der Waals surface area contributed by atoms with Crippen molar-refractivity contribution in [2.45, 2.75) is 43.9 Å². The summed E-state index contributed by atoms with van der Waals surface area (Å²) >= 11 is 5.92. The quantitative estimate of drug-likeness (QED) is 0.138. The second kappa shape index (κ2) is 9.82. The van der Waals surface area contributed by atoms with Gasteiger partial charge in [-0.1, -0.05) is 11.6 Å². The summed E-state index contributed by atoms with van der Waals surface area (Å²) in [7, 11) is 3.63. The van der Waals surface area contributed by atoms with E-state index in [1.165, 1.54) is 0 Å². The molecule has 0 saturated heterocycles. The molecule has 0 spiro atoms. The van der Waals surface area contributed by atoms with Crippen LogP contribution in [0.1, 0.15) is 16.7 Å². The van der Waals surface area contributed by atoms with E-state index in [2.05, 4.69) is 20.1 Å². The van der Waals surface area contributed by atoms with Crippen LogP contribution in [0.3, 0.4) is 0 Å². The van der Waals surface area contributed by atoms with E-state index in [9.17, 15) is 26.3 Å². The number of fused-ring (bicyclic) bond motifs is 1. The van der Waals surface area contributed by atoms with Crippen molar-refractivity contribution in [3.8, 4) is 0 Å². The molecule has 0 radical (unpaired) electrons. The number of halogens is 7. The number of nitrogens with zero attached hydrogens (tertiary/aromatic N) is 6. The van der Waals surface area contributed by atoms with Crippen molar-refractivity contribution in [3.05, 3.63) is 45.3 Å². The summed E-state index contributed by atoms with van der Waals surface area (Å²) in [4.78, 5) is 8.39. The van der Waals surface area contributed by atoms with E-state index >= 15 is 0 Å². The molecule has 0 bridgehead atoms. The molecule has 0 amide bonds. The molecule has 0 saturated carbocycles. The van der Waals surface area contributed by atoms with E-state index < -0.39 is 46.5 Å². The molecule has 0 N–H and O–H groups in total. The van der Waals surface area contributed by atoms with Crippen LogP contribution in [-0.4, -0.2) is 35.3 Å². The van der Waals surface area contributed by atoms with E-state index in [0.717, 1.165) is 23.4 Å². The van der Waals surface area contributed by atoms with Crippen LogP contribution < -0.4 is 4.90 Å². The van der Waals surface area contributed by atoms with Crippen LogP contribution in [0.2, 0.25) is 5.02 Å². The number of rotatable bonds is 5. The largest absolute Gasteiger partial charge is 0.445 e. The molecule has 0 aliphatic carbocycles.